The summed E-state index contributed by atoms with van der Waals surface area (Å²) in [4.78, 5) is 2.49. The molecule has 17 heavy (non-hydrogen) atoms. The quantitative estimate of drug-likeness (QED) is 0.831. The number of rotatable bonds is 4. The predicted molar refractivity (Wildman–Crippen MR) is 74.2 cm³/mol. The lowest BCUT2D eigenvalue weighted by molar-refractivity contribution is 0.313. The topological polar surface area (TPSA) is 29.3 Å². The first kappa shape index (κ1) is 12.7. The highest BCUT2D eigenvalue weighted by molar-refractivity contribution is 6.31. The van der Waals surface area contributed by atoms with Crippen LogP contribution >= 0.6 is 11.6 Å². The number of nitrogens with two attached hydrogens (primary N) is 1. The molecular formula is C14H21ClN2. The molecule has 1 aromatic rings. The summed E-state index contributed by atoms with van der Waals surface area (Å²) < 4.78 is 0. The third-order valence-corrected chi connectivity index (χ3v) is 3.90. The molecule has 0 bridgehead atoms. The Morgan fingerprint density at radius 1 is 1.47 bits per heavy atom. The molecule has 94 valence electrons. The third-order valence-electron chi connectivity index (χ3n) is 3.53. The van der Waals surface area contributed by atoms with Gasteiger partial charge in [0.05, 0.1) is 0 Å². The molecular weight excluding hydrogens is 232 g/mol. The molecule has 0 radical (unpaired) electrons. The molecule has 1 saturated heterocycles. The van der Waals surface area contributed by atoms with E-state index in [0.717, 1.165) is 28.7 Å². The van der Waals surface area contributed by atoms with Crippen LogP contribution in [0.1, 0.15) is 31.7 Å². The number of anilines is 1. The number of nitrogens with zero attached hydrogens (tertiary/aromatic N) is 1. The van der Waals surface area contributed by atoms with Crippen molar-refractivity contribution in [1.82, 2.24) is 4.90 Å². The van der Waals surface area contributed by atoms with Gasteiger partial charge in [0, 0.05) is 23.8 Å². The maximum atomic E-state index is 6.19. The van der Waals surface area contributed by atoms with Gasteiger partial charge in [0.15, 0.2) is 0 Å². The maximum absolute atomic E-state index is 6.19. The Kier molecular flexibility index (Phi) is 4.30. The molecule has 1 aromatic carbocycles. The molecule has 0 aromatic heterocycles. The summed E-state index contributed by atoms with van der Waals surface area (Å²) in [6, 6.07) is 5.75. The summed E-state index contributed by atoms with van der Waals surface area (Å²) in [6.07, 6.45) is 3.96. The van der Waals surface area contributed by atoms with Crippen molar-refractivity contribution >= 4 is 17.3 Å². The largest absolute Gasteiger partial charge is 0.399 e. The van der Waals surface area contributed by atoms with Crippen LogP contribution in [0.15, 0.2) is 18.2 Å². The van der Waals surface area contributed by atoms with Gasteiger partial charge in [-0.05, 0) is 49.1 Å². The molecule has 0 amide bonds. The smallest absolute Gasteiger partial charge is 0.0452 e. The number of benzene rings is 1. The normalized spacial score (nSPS) is 20.9. The summed E-state index contributed by atoms with van der Waals surface area (Å²) in [5.74, 6) is 0.875. The van der Waals surface area contributed by atoms with Crippen molar-refractivity contribution in [2.75, 3.05) is 18.8 Å². The Bertz CT molecular complexity index is 378. The van der Waals surface area contributed by atoms with Gasteiger partial charge in [0.2, 0.25) is 0 Å². The molecule has 2 nitrogen and oxygen atoms in total. The van der Waals surface area contributed by atoms with Crippen molar-refractivity contribution in [3.05, 3.63) is 28.8 Å². The lowest BCUT2D eigenvalue weighted by atomic mass is 10.0. The molecule has 1 atom stereocenters. The van der Waals surface area contributed by atoms with E-state index >= 15 is 0 Å². The average molecular weight is 253 g/mol. The highest BCUT2D eigenvalue weighted by atomic mass is 35.5. The molecule has 0 spiro atoms. The molecule has 2 rings (SSSR count). The number of hydrogen-bond donors (Lipinski definition) is 1. The van der Waals surface area contributed by atoms with Gasteiger partial charge in [0.25, 0.3) is 0 Å². The molecule has 0 aliphatic carbocycles. The van der Waals surface area contributed by atoms with Crippen molar-refractivity contribution in [1.29, 1.82) is 0 Å². The number of hydrogen-bond acceptors (Lipinski definition) is 2. The van der Waals surface area contributed by atoms with Crippen molar-refractivity contribution in [2.24, 2.45) is 5.92 Å². The minimum absolute atomic E-state index is 0.800. The van der Waals surface area contributed by atoms with E-state index in [0.29, 0.717) is 0 Å². The Hall–Kier alpha value is -0.730. The van der Waals surface area contributed by atoms with Crippen LogP contribution in [0.2, 0.25) is 5.02 Å². The van der Waals surface area contributed by atoms with Gasteiger partial charge in [-0.25, -0.2) is 0 Å². The van der Waals surface area contributed by atoms with Gasteiger partial charge < -0.3 is 5.73 Å². The summed E-state index contributed by atoms with van der Waals surface area (Å²) in [7, 11) is 0. The standard InChI is InChI=1S/C14H21ClN2/c1-2-3-11-6-7-17(9-11)10-12-8-13(16)4-5-14(12)15/h4-5,8,11H,2-3,6-7,9-10,16H2,1H3. The summed E-state index contributed by atoms with van der Waals surface area (Å²) in [6.45, 7) is 5.59. The molecule has 1 unspecified atom stereocenters. The first-order valence-corrected chi connectivity index (χ1v) is 6.83. The molecule has 1 fully saturated rings. The zero-order valence-corrected chi connectivity index (χ0v) is 11.2. The molecule has 2 N–H and O–H groups in total. The van der Waals surface area contributed by atoms with E-state index in [2.05, 4.69) is 11.8 Å². The van der Waals surface area contributed by atoms with Crippen LogP contribution in [-0.2, 0) is 6.54 Å². The highest BCUT2D eigenvalue weighted by Gasteiger charge is 2.22. The van der Waals surface area contributed by atoms with E-state index < -0.39 is 0 Å². The Morgan fingerprint density at radius 2 is 2.29 bits per heavy atom. The first-order valence-electron chi connectivity index (χ1n) is 6.45. The maximum Gasteiger partial charge on any atom is 0.0452 e. The summed E-state index contributed by atoms with van der Waals surface area (Å²) in [5, 5.41) is 0.832. The predicted octanol–water partition coefficient (Wildman–Crippen LogP) is 3.54. The average Bonchev–Trinajstić information content (AvgIpc) is 2.72. The number of nitrogen functional groups attached to an aromatic ring is 1. The van der Waals surface area contributed by atoms with Crippen molar-refractivity contribution < 1.29 is 0 Å². The fourth-order valence-corrected chi connectivity index (χ4v) is 2.83. The van der Waals surface area contributed by atoms with Crippen LogP contribution in [-0.4, -0.2) is 18.0 Å². The van der Waals surface area contributed by atoms with Crippen LogP contribution in [0.5, 0.6) is 0 Å². The summed E-state index contributed by atoms with van der Waals surface area (Å²) >= 11 is 6.19. The first-order chi connectivity index (χ1) is 8.19. The van der Waals surface area contributed by atoms with Crippen molar-refractivity contribution in [2.45, 2.75) is 32.7 Å². The minimum Gasteiger partial charge on any atom is -0.399 e. The van der Waals surface area contributed by atoms with Gasteiger partial charge in [-0.15, -0.1) is 0 Å². The van der Waals surface area contributed by atoms with Crippen LogP contribution in [0, 0.1) is 5.92 Å². The number of halogens is 1. The Labute approximate surface area is 109 Å². The van der Waals surface area contributed by atoms with E-state index in [-0.39, 0.29) is 0 Å². The van der Waals surface area contributed by atoms with E-state index in [9.17, 15) is 0 Å². The van der Waals surface area contributed by atoms with Crippen LogP contribution in [0.3, 0.4) is 0 Å². The van der Waals surface area contributed by atoms with E-state index in [1.54, 1.807) is 0 Å². The Morgan fingerprint density at radius 3 is 3.06 bits per heavy atom. The van der Waals surface area contributed by atoms with Gasteiger partial charge >= 0.3 is 0 Å². The van der Waals surface area contributed by atoms with E-state index in [1.165, 1.54) is 32.4 Å². The third kappa shape index (κ3) is 3.36. The van der Waals surface area contributed by atoms with Crippen molar-refractivity contribution in [3.8, 4) is 0 Å². The Balaban J connectivity index is 1.95. The second-order valence-corrected chi connectivity index (χ2v) is 5.44. The molecule has 1 heterocycles. The summed E-state index contributed by atoms with van der Waals surface area (Å²) in [5.41, 5.74) is 7.76. The molecule has 0 saturated carbocycles. The fraction of sp³-hybridized carbons (Fsp3) is 0.571. The fourth-order valence-electron chi connectivity index (χ4n) is 2.66. The molecule has 1 aliphatic heterocycles. The van der Waals surface area contributed by atoms with Gasteiger partial charge in [-0.1, -0.05) is 24.9 Å². The second kappa shape index (κ2) is 5.74. The molecule has 1 aliphatic rings. The zero-order valence-electron chi connectivity index (χ0n) is 10.5. The minimum atomic E-state index is 0.800. The van der Waals surface area contributed by atoms with Crippen LogP contribution < -0.4 is 5.73 Å². The van der Waals surface area contributed by atoms with Gasteiger partial charge in [-0.3, -0.25) is 4.90 Å². The lowest BCUT2D eigenvalue weighted by Crippen LogP contribution is -2.20. The number of likely N-dealkylation sites (tertiary alicyclic amines) is 1. The monoisotopic (exact) mass is 252 g/mol. The molecule has 3 heteroatoms. The van der Waals surface area contributed by atoms with Gasteiger partial charge in [-0.2, -0.15) is 0 Å². The zero-order chi connectivity index (χ0) is 12.3. The van der Waals surface area contributed by atoms with E-state index in [1.807, 2.05) is 18.2 Å². The second-order valence-electron chi connectivity index (χ2n) is 5.03. The van der Waals surface area contributed by atoms with Crippen LogP contribution in [0.4, 0.5) is 5.69 Å². The van der Waals surface area contributed by atoms with Crippen LogP contribution in [0.25, 0.3) is 0 Å². The SMILES string of the molecule is CCCC1CCN(Cc2cc(N)ccc2Cl)C1. The lowest BCUT2D eigenvalue weighted by Gasteiger charge is -2.17. The highest BCUT2D eigenvalue weighted by Crippen LogP contribution is 2.25. The van der Waals surface area contributed by atoms with Crippen molar-refractivity contribution in [3.63, 3.8) is 0 Å². The van der Waals surface area contributed by atoms with Gasteiger partial charge in [0.1, 0.15) is 0 Å². The van der Waals surface area contributed by atoms with E-state index in [4.69, 9.17) is 17.3 Å².